The fourth-order valence-corrected chi connectivity index (χ4v) is 3.75. The molecule has 26 heavy (non-hydrogen) atoms. The zero-order chi connectivity index (χ0) is 18.1. The number of ether oxygens (including phenoxy) is 1. The molecular formula is C21H23N3O2. The van der Waals surface area contributed by atoms with Crippen LogP contribution in [0.1, 0.15) is 16.1 Å². The van der Waals surface area contributed by atoms with E-state index in [4.69, 9.17) is 4.74 Å². The number of nitrogens with zero attached hydrogens (tertiary/aromatic N) is 2. The van der Waals surface area contributed by atoms with Crippen molar-refractivity contribution >= 4 is 22.5 Å². The molecule has 1 amide bonds. The van der Waals surface area contributed by atoms with Crippen molar-refractivity contribution in [1.82, 2.24) is 9.88 Å². The van der Waals surface area contributed by atoms with Gasteiger partial charge in [-0.2, -0.15) is 0 Å². The van der Waals surface area contributed by atoms with Gasteiger partial charge in [0.15, 0.2) is 0 Å². The quantitative estimate of drug-likeness (QED) is 0.788. The van der Waals surface area contributed by atoms with Gasteiger partial charge in [0.25, 0.3) is 5.91 Å². The van der Waals surface area contributed by atoms with E-state index in [9.17, 15) is 4.79 Å². The zero-order valence-corrected chi connectivity index (χ0v) is 15.2. The van der Waals surface area contributed by atoms with Crippen LogP contribution in [-0.2, 0) is 0 Å². The van der Waals surface area contributed by atoms with Crippen molar-refractivity contribution in [3.63, 3.8) is 0 Å². The molecule has 1 aliphatic heterocycles. The molecule has 1 fully saturated rings. The van der Waals surface area contributed by atoms with E-state index >= 15 is 0 Å². The Hall–Kier alpha value is -2.95. The minimum atomic E-state index is 0.0750. The number of benzene rings is 2. The summed E-state index contributed by atoms with van der Waals surface area (Å²) < 4.78 is 5.49. The van der Waals surface area contributed by atoms with Gasteiger partial charge in [0, 0.05) is 37.6 Å². The number of carbonyl (C=O) groups excluding carboxylic acids is 1. The van der Waals surface area contributed by atoms with Crippen LogP contribution in [0, 0.1) is 6.92 Å². The van der Waals surface area contributed by atoms with Crippen molar-refractivity contribution in [2.24, 2.45) is 0 Å². The summed E-state index contributed by atoms with van der Waals surface area (Å²) in [6, 6.07) is 16.2. The maximum Gasteiger partial charge on any atom is 0.256 e. The lowest BCUT2D eigenvalue weighted by atomic mass is 10.1. The van der Waals surface area contributed by atoms with Gasteiger partial charge in [0.05, 0.1) is 23.6 Å². The van der Waals surface area contributed by atoms with Gasteiger partial charge in [-0.3, -0.25) is 4.79 Å². The van der Waals surface area contributed by atoms with Crippen LogP contribution >= 0.6 is 0 Å². The lowest BCUT2D eigenvalue weighted by Crippen LogP contribution is -2.48. The molecule has 0 saturated carbocycles. The molecule has 2 aromatic carbocycles. The van der Waals surface area contributed by atoms with Crippen molar-refractivity contribution in [1.29, 1.82) is 0 Å². The molecule has 134 valence electrons. The van der Waals surface area contributed by atoms with Gasteiger partial charge >= 0.3 is 0 Å². The summed E-state index contributed by atoms with van der Waals surface area (Å²) in [4.78, 5) is 20.8. The predicted molar refractivity (Wildman–Crippen MR) is 104 cm³/mol. The number of aryl methyl sites for hydroxylation is 1. The second-order valence-corrected chi connectivity index (χ2v) is 6.62. The van der Waals surface area contributed by atoms with Crippen LogP contribution in [0.5, 0.6) is 5.75 Å². The maximum atomic E-state index is 13.2. The van der Waals surface area contributed by atoms with Crippen LogP contribution in [-0.4, -0.2) is 49.1 Å². The summed E-state index contributed by atoms with van der Waals surface area (Å²) in [5.74, 6) is 0.809. The van der Waals surface area contributed by atoms with E-state index in [2.05, 4.69) is 34.1 Å². The van der Waals surface area contributed by atoms with Gasteiger partial charge in [0.1, 0.15) is 5.75 Å². The number of carbonyl (C=O) groups is 1. The van der Waals surface area contributed by atoms with Crippen LogP contribution in [0.4, 0.5) is 5.69 Å². The minimum absolute atomic E-state index is 0.0750. The Bertz CT molecular complexity index is 925. The Morgan fingerprint density at radius 2 is 1.73 bits per heavy atom. The number of piperazine rings is 1. The topological polar surface area (TPSA) is 48.6 Å². The second kappa shape index (κ2) is 6.75. The molecule has 5 heteroatoms. The Balaban J connectivity index is 1.58. The SMILES string of the molecule is COc1cccc2[nH]c(C)c(C(=O)N3CCN(c4ccccc4)CC3)c12. The first-order valence-electron chi connectivity index (χ1n) is 8.93. The number of amides is 1. The number of fused-ring (bicyclic) bond motifs is 1. The van der Waals surface area contributed by atoms with Crippen LogP contribution in [0.2, 0.25) is 0 Å². The highest BCUT2D eigenvalue weighted by atomic mass is 16.5. The van der Waals surface area contributed by atoms with Gasteiger partial charge in [-0.25, -0.2) is 0 Å². The molecule has 1 N–H and O–H groups in total. The van der Waals surface area contributed by atoms with Crippen molar-refractivity contribution in [3.05, 3.63) is 59.8 Å². The highest BCUT2D eigenvalue weighted by molar-refractivity contribution is 6.10. The third-order valence-electron chi connectivity index (χ3n) is 5.10. The van der Waals surface area contributed by atoms with Crippen LogP contribution in [0.25, 0.3) is 10.9 Å². The number of hydrogen-bond acceptors (Lipinski definition) is 3. The van der Waals surface area contributed by atoms with Crippen molar-refractivity contribution in [2.75, 3.05) is 38.2 Å². The van der Waals surface area contributed by atoms with Gasteiger partial charge in [-0.1, -0.05) is 24.3 Å². The number of methoxy groups -OCH3 is 1. The average molecular weight is 349 g/mol. The molecule has 4 rings (SSSR count). The molecule has 0 spiro atoms. The van der Waals surface area contributed by atoms with Crippen LogP contribution < -0.4 is 9.64 Å². The number of aromatic amines is 1. The molecule has 1 aliphatic rings. The predicted octanol–water partition coefficient (Wildman–Crippen LogP) is 3.45. The molecule has 0 unspecified atom stereocenters. The minimum Gasteiger partial charge on any atom is -0.496 e. The first-order valence-corrected chi connectivity index (χ1v) is 8.93. The average Bonchev–Trinajstić information content (AvgIpc) is 3.04. The van der Waals surface area contributed by atoms with Gasteiger partial charge in [0.2, 0.25) is 0 Å². The monoisotopic (exact) mass is 349 g/mol. The molecule has 0 bridgehead atoms. The number of hydrogen-bond donors (Lipinski definition) is 1. The number of anilines is 1. The van der Waals surface area contributed by atoms with E-state index in [1.165, 1.54) is 5.69 Å². The van der Waals surface area contributed by atoms with E-state index in [1.54, 1.807) is 7.11 Å². The molecule has 0 radical (unpaired) electrons. The summed E-state index contributed by atoms with van der Waals surface area (Å²) in [6.07, 6.45) is 0. The van der Waals surface area contributed by atoms with E-state index in [-0.39, 0.29) is 5.91 Å². The van der Waals surface area contributed by atoms with Crippen molar-refractivity contribution in [3.8, 4) is 5.75 Å². The summed E-state index contributed by atoms with van der Waals surface area (Å²) in [5, 5.41) is 0.878. The molecule has 1 saturated heterocycles. The molecule has 2 heterocycles. The molecule has 5 nitrogen and oxygen atoms in total. The highest BCUT2D eigenvalue weighted by Crippen LogP contribution is 2.32. The van der Waals surface area contributed by atoms with E-state index in [0.717, 1.165) is 54.1 Å². The summed E-state index contributed by atoms with van der Waals surface area (Å²) >= 11 is 0. The number of aromatic nitrogens is 1. The Labute approximate surface area is 153 Å². The van der Waals surface area contributed by atoms with E-state index < -0.39 is 0 Å². The van der Waals surface area contributed by atoms with Gasteiger partial charge in [-0.15, -0.1) is 0 Å². The zero-order valence-electron chi connectivity index (χ0n) is 15.2. The Morgan fingerprint density at radius 1 is 1.00 bits per heavy atom. The standard InChI is InChI=1S/C21H23N3O2/c1-15-19(20-17(22-15)9-6-10-18(20)26-2)21(25)24-13-11-23(12-14-24)16-7-4-3-5-8-16/h3-10,22H,11-14H2,1-2H3. The molecule has 3 aromatic rings. The van der Waals surface area contributed by atoms with Crippen LogP contribution in [0.3, 0.4) is 0 Å². The van der Waals surface area contributed by atoms with Gasteiger partial charge < -0.3 is 19.5 Å². The number of H-pyrrole nitrogens is 1. The summed E-state index contributed by atoms with van der Waals surface area (Å²) in [5.41, 5.74) is 3.77. The van der Waals surface area contributed by atoms with Gasteiger partial charge in [-0.05, 0) is 31.2 Å². The molecule has 0 aliphatic carbocycles. The van der Waals surface area contributed by atoms with E-state index in [0.29, 0.717) is 0 Å². The Morgan fingerprint density at radius 3 is 2.42 bits per heavy atom. The lowest BCUT2D eigenvalue weighted by Gasteiger charge is -2.36. The van der Waals surface area contributed by atoms with Crippen molar-refractivity contribution in [2.45, 2.75) is 6.92 Å². The highest BCUT2D eigenvalue weighted by Gasteiger charge is 2.27. The molecular weight excluding hydrogens is 326 g/mol. The first kappa shape index (κ1) is 16.5. The summed E-state index contributed by atoms with van der Waals surface area (Å²) in [6.45, 7) is 5.07. The third kappa shape index (κ3) is 2.79. The van der Waals surface area contributed by atoms with Crippen molar-refractivity contribution < 1.29 is 9.53 Å². The fourth-order valence-electron chi connectivity index (χ4n) is 3.75. The smallest absolute Gasteiger partial charge is 0.256 e. The normalized spacial score (nSPS) is 14.7. The Kier molecular flexibility index (Phi) is 4.29. The van der Waals surface area contributed by atoms with E-state index in [1.807, 2.05) is 36.1 Å². The second-order valence-electron chi connectivity index (χ2n) is 6.62. The molecule has 1 aromatic heterocycles. The first-order chi connectivity index (χ1) is 12.7. The number of nitrogens with one attached hydrogen (secondary N) is 1. The lowest BCUT2D eigenvalue weighted by molar-refractivity contribution is 0.0748. The number of rotatable bonds is 3. The maximum absolute atomic E-state index is 13.2. The van der Waals surface area contributed by atoms with Crippen LogP contribution in [0.15, 0.2) is 48.5 Å². The summed E-state index contributed by atoms with van der Waals surface area (Å²) in [7, 11) is 1.64. The number of para-hydroxylation sites is 1. The molecule has 0 atom stereocenters. The third-order valence-corrected chi connectivity index (χ3v) is 5.10. The fraction of sp³-hybridized carbons (Fsp3) is 0.286. The largest absolute Gasteiger partial charge is 0.496 e.